The first-order chi connectivity index (χ1) is 30.4. The number of carbonyl (C=O) groups excluding carboxylic acids is 4. The van der Waals surface area contributed by atoms with E-state index in [1.54, 1.807) is 36.4 Å². The van der Waals surface area contributed by atoms with Crippen LogP contribution in [-0.4, -0.2) is 23.6 Å². The summed E-state index contributed by atoms with van der Waals surface area (Å²) in [5, 5.41) is 31.9. The number of nitriles is 2. The molecule has 62 heavy (non-hydrogen) atoms. The highest BCUT2D eigenvalue weighted by atomic mass is 16.2. The van der Waals surface area contributed by atoms with Gasteiger partial charge in [-0.05, 0) is 68.7 Å². The maximum Gasteiger partial charge on any atom is 0.266 e. The zero-order chi connectivity index (χ0) is 41.7. The third-order valence-corrected chi connectivity index (χ3v) is 13.0. The normalized spacial score (nSPS) is 13.8. The Hall–Kier alpha value is -8.98. The molecule has 8 nitrogen and oxygen atoms in total. The summed E-state index contributed by atoms with van der Waals surface area (Å²) in [7, 11) is 0. The van der Waals surface area contributed by atoms with Crippen LogP contribution in [0.5, 0.6) is 0 Å². The van der Waals surface area contributed by atoms with Crippen LogP contribution in [-0.2, 0) is 0 Å². The van der Waals surface area contributed by atoms with E-state index in [4.69, 9.17) is 0 Å². The van der Waals surface area contributed by atoms with Crippen molar-refractivity contribution in [2.45, 2.75) is 0 Å². The minimum Gasteiger partial charge on any atom is -0.268 e. The van der Waals surface area contributed by atoms with Crippen molar-refractivity contribution in [3.05, 3.63) is 179 Å². The van der Waals surface area contributed by atoms with Gasteiger partial charge in [0.15, 0.2) is 0 Å². The van der Waals surface area contributed by atoms with Gasteiger partial charge in [0.25, 0.3) is 23.6 Å². The zero-order valence-corrected chi connectivity index (χ0v) is 32.3. The molecule has 0 aromatic heterocycles. The molecular weight excluding hydrogens is 769 g/mol. The molecule has 0 unspecified atom stereocenters. The fraction of sp³-hybridized carbons (Fsp3) is 0. The van der Waals surface area contributed by atoms with Gasteiger partial charge in [-0.3, -0.25) is 19.2 Å². The molecular formula is C54H24N4O4. The average Bonchev–Trinajstić information content (AvgIpc) is 3.31. The molecule has 0 fully saturated rings. The molecule has 4 amide bonds. The molecule has 2 aliphatic heterocycles. The van der Waals surface area contributed by atoms with Crippen LogP contribution in [0.4, 0.5) is 11.4 Å². The molecule has 0 N–H and O–H groups in total. The summed E-state index contributed by atoms with van der Waals surface area (Å²) in [6, 6.07) is 49.2. The SMILES string of the molecule is N#Cc1cc2c3c(ccc4c5c(C#N)cc6c7c(ccc(c1c34)c75)C(=O)N(c1c3ccccc3cc3ccccc13)C6=O)C(=O)N(c1c3ccccc3cc3ccccc13)C2=O. The summed E-state index contributed by atoms with van der Waals surface area (Å²) < 4.78 is 0. The van der Waals surface area contributed by atoms with Crippen LogP contribution in [0.15, 0.2) is 146 Å². The highest BCUT2D eigenvalue weighted by Crippen LogP contribution is 2.50. The first kappa shape index (κ1) is 33.9. The molecule has 0 atom stereocenters. The topological polar surface area (TPSA) is 122 Å². The monoisotopic (exact) mass is 792 g/mol. The van der Waals surface area contributed by atoms with E-state index < -0.39 is 23.6 Å². The van der Waals surface area contributed by atoms with Crippen molar-refractivity contribution in [2.24, 2.45) is 0 Å². The minimum atomic E-state index is -0.571. The molecule has 0 aliphatic carbocycles. The minimum absolute atomic E-state index is 0.179. The van der Waals surface area contributed by atoms with Crippen molar-refractivity contribution in [1.82, 2.24) is 0 Å². The van der Waals surface area contributed by atoms with Gasteiger partial charge in [0.2, 0.25) is 0 Å². The summed E-state index contributed by atoms with van der Waals surface area (Å²) >= 11 is 0. The smallest absolute Gasteiger partial charge is 0.266 e. The van der Waals surface area contributed by atoms with Crippen molar-refractivity contribution in [1.29, 1.82) is 10.5 Å². The van der Waals surface area contributed by atoms with Crippen LogP contribution in [0.1, 0.15) is 52.6 Å². The second-order valence-corrected chi connectivity index (χ2v) is 16.0. The molecule has 0 bridgehead atoms. The Bertz CT molecular complexity index is 3740. The van der Waals surface area contributed by atoms with Gasteiger partial charge in [-0.1, -0.05) is 109 Å². The summed E-state index contributed by atoms with van der Waals surface area (Å²) in [6.45, 7) is 0. The predicted molar refractivity (Wildman–Crippen MR) is 242 cm³/mol. The highest BCUT2D eigenvalue weighted by molar-refractivity contribution is 6.48. The van der Waals surface area contributed by atoms with E-state index in [1.165, 1.54) is 9.80 Å². The second-order valence-electron chi connectivity index (χ2n) is 16.0. The lowest BCUT2D eigenvalue weighted by atomic mass is 9.79. The number of amides is 4. The van der Waals surface area contributed by atoms with Gasteiger partial charge in [-0.2, -0.15) is 10.5 Å². The van der Waals surface area contributed by atoms with Gasteiger partial charge < -0.3 is 0 Å². The number of imide groups is 2. The van der Waals surface area contributed by atoms with Crippen molar-refractivity contribution in [3.63, 3.8) is 0 Å². The largest absolute Gasteiger partial charge is 0.268 e. The molecule has 0 radical (unpaired) electrons. The molecule has 284 valence electrons. The lowest BCUT2D eigenvalue weighted by Gasteiger charge is -2.32. The van der Waals surface area contributed by atoms with Crippen LogP contribution in [0.2, 0.25) is 0 Å². The van der Waals surface area contributed by atoms with Crippen molar-refractivity contribution >= 4 is 121 Å². The number of hydrogen-bond donors (Lipinski definition) is 0. The molecule has 11 aromatic carbocycles. The standard InChI is InChI=1S/C54H24N4O4/c55-25-31-23-41-45-39(51(59)57(53(41)61)49-33-13-5-1-9-27(33)21-28-10-2-6-14-34(28)49)19-17-37-44-32(26-56)24-42-46-40(20-18-38(48(44)46)43(31)47(37)45)52(60)58(54(42)62)50-35-15-7-3-11-29(35)22-30-12-4-8-16-36(30)50/h1-24H. The Morgan fingerprint density at radius 2 is 0.645 bits per heavy atom. The number of rotatable bonds is 2. The van der Waals surface area contributed by atoms with Gasteiger partial charge in [0.05, 0.1) is 45.8 Å². The molecule has 0 saturated heterocycles. The van der Waals surface area contributed by atoms with Crippen LogP contribution >= 0.6 is 0 Å². The first-order valence-electron chi connectivity index (χ1n) is 20.0. The van der Waals surface area contributed by atoms with Gasteiger partial charge in [-0.25, -0.2) is 9.80 Å². The lowest BCUT2D eigenvalue weighted by molar-refractivity contribution is 0.0878. The maximum absolute atomic E-state index is 15.0. The van der Waals surface area contributed by atoms with Crippen LogP contribution < -0.4 is 9.80 Å². The number of benzene rings is 11. The molecule has 2 heterocycles. The molecule has 0 spiro atoms. The summed E-state index contributed by atoms with van der Waals surface area (Å²) in [4.78, 5) is 62.5. The van der Waals surface area contributed by atoms with Crippen LogP contribution in [0.3, 0.4) is 0 Å². The van der Waals surface area contributed by atoms with E-state index in [-0.39, 0.29) is 33.4 Å². The summed E-state index contributed by atoms with van der Waals surface area (Å²) in [6.07, 6.45) is 0. The Kier molecular flexibility index (Phi) is 6.47. The number of anilines is 2. The first-order valence-corrected chi connectivity index (χ1v) is 20.0. The Morgan fingerprint density at radius 1 is 0.323 bits per heavy atom. The third-order valence-electron chi connectivity index (χ3n) is 13.0. The Balaban J connectivity index is 1.10. The van der Waals surface area contributed by atoms with E-state index in [9.17, 15) is 20.1 Å². The zero-order valence-electron chi connectivity index (χ0n) is 32.3. The van der Waals surface area contributed by atoms with Gasteiger partial charge >= 0.3 is 0 Å². The lowest BCUT2D eigenvalue weighted by Crippen LogP contribution is -2.41. The van der Waals surface area contributed by atoms with Crippen molar-refractivity contribution in [2.75, 3.05) is 9.80 Å². The molecule has 8 heteroatoms. The van der Waals surface area contributed by atoms with Crippen LogP contribution in [0, 0.1) is 22.7 Å². The fourth-order valence-electron chi connectivity index (χ4n) is 10.5. The van der Waals surface area contributed by atoms with Crippen LogP contribution in [0.25, 0.3) is 86.2 Å². The highest BCUT2D eigenvalue weighted by Gasteiger charge is 2.41. The van der Waals surface area contributed by atoms with E-state index in [2.05, 4.69) is 12.1 Å². The summed E-state index contributed by atoms with van der Waals surface area (Å²) in [5.41, 5.74) is 2.20. The fourth-order valence-corrected chi connectivity index (χ4v) is 10.5. The number of carbonyl (C=O) groups is 4. The number of hydrogen-bond acceptors (Lipinski definition) is 6. The number of nitrogens with zero attached hydrogens (tertiary/aromatic N) is 4. The quantitative estimate of drug-likeness (QED) is 0.0975. The predicted octanol–water partition coefficient (Wildman–Crippen LogP) is 11.7. The maximum atomic E-state index is 15.0. The van der Waals surface area contributed by atoms with E-state index >= 15 is 9.59 Å². The molecule has 13 rings (SSSR count). The van der Waals surface area contributed by atoms with E-state index in [1.807, 2.05) is 109 Å². The second kappa shape index (κ2) is 11.8. The molecule has 0 saturated carbocycles. The van der Waals surface area contributed by atoms with Crippen molar-refractivity contribution < 1.29 is 19.2 Å². The van der Waals surface area contributed by atoms with E-state index in [0.29, 0.717) is 54.5 Å². The van der Waals surface area contributed by atoms with Crippen molar-refractivity contribution in [3.8, 4) is 12.1 Å². The molecule has 11 aromatic rings. The molecule has 2 aliphatic rings. The average molecular weight is 793 g/mol. The van der Waals surface area contributed by atoms with Gasteiger partial charge in [0, 0.05) is 65.0 Å². The van der Waals surface area contributed by atoms with Gasteiger partial charge in [0.1, 0.15) is 0 Å². The Morgan fingerprint density at radius 3 is 0.984 bits per heavy atom. The van der Waals surface area contributed by atoms with E-state index in [0.717, 1.165) is 43.1 Å². The summed E-state index contributed by atoms with van der Waals surface area (Å²) in [5.74, 6) is -2.17. The third kappa shape index (κ3) is 4.07. The number of fused-ring (bicyclic) bond motifs is 6. The van der Waals surface area contributed by atoms with Gasteiger partial charge in [-0.15, -0.1) is 0 Å². The Labute approximate surface area is 350 Å².